The number of aliphatic carboxylic acids is 1. The Kier molecular flexibility index (Phi) is 3.55. The highest BCUT2D eigenvalue weighted by atomic mass is 19.1. The van der Waals surface area contributed by atoms with Gasteiger partial charge >= 0.3 is 0 Å². The van der Waals surface area contributed by atoms with Crippen LogP contribution in [0.2, 0.25) is 0 Å². The molecule has 0 bridgehead atoms. The Balaban J connectivity index is 3.11. The van der Waals surface area contributed by atoms with E-state index in [1.165, 1.54) is 19.1 Å². The first-order valence-electron chi connectivity index (χ1n) is 4.62. The molecule has 1 rings (SSSR count). The van der Waals surface area contributed by atoms with Gasteiger partial charge in [0.1, 0.15) is 5.82 Å². The topological polar surface area (TPSA) is 57.2 Å². The molecule has 0 fully saturated rings. The maximum absolute atomic E-state index is 13.4. The van der Waals surface area contributed by atoms with Gasteiger partial charge < -0.3 is 9.90 Å². The van der Waals surface area contributed by atoms with Gasteiger partial charge in [-0.25, -0.2) is 4.39 Å². The van der Waals surface area contributed by atoms with Crippen LogP contribution in [0.1, 0.15) is 21.5 Å². The molecule has 0 radical (unpaired) electrons. The van der Waals surface area contributed by atoms with Crippen LogP contribution in [0.5, 0.6) is 0 Å². The average Bonchev–Trinajstić information content (AvgIpc) is 2.23. The van der Waals surface area contributed by atoms with Crippen molar-refractivity contribution < 1.29 is 19.1 Å². The van der Waals surface area contributed by atoms with Crippen LogP contribution in [0.4, 0.5) is 4.39 Å². The molecule has 1 aromatic rings. The zero-order valence-corrected chi connectivity index (χ0v) is 8.91. The van der Waals surface area contributed by atoms with Crippen LogP contribution in [0.15, 0.2) is 24.3 Å². The standard InChI is InChI=1S/C12H11FO3/c1-7-3-4-9(8(2)12(7)13)10(14)5-6-11(15)16/h3-6H,1-2H3,(H,15,16)/p-1/b6-5+. The van der Waals surface area contributed by atoms with E-state index in [1.807, 2.05) is 0 Å². The summed E-state index contributed by atoms with van der Waals surface area (Å²) in [6.45, 7) is 3.07. The summed E-state index contributed by atoms with van der Waals surface area (Å²) in [5, 5.41) is 10.1. The molecule has 4 heteroatoms. The van der Waals surface area contributed by atoms with Gasteiger partial charge in [-0.1, -0.05) is 12.1 Å². The normalized spacial score (nSPS) is 10.7. The minimum Gasteiger partial charge on any atom is -0.545 e. The molecule has 0 aliphatic rings. The number of allylic oxidation sites excluding steroid dienone is 1. The van der Waals surface area contributed by atoms with Crippen LogP contribution >= 0.6 is 0 Å². The Morgan fingerprint density at radius 2 is 1.88 bits per heavy atom. The summed E-state index contributed by atoms with van der Waals surface area (Å²) in [5.41, 5.74) is 0.812. The number of hydrogen-bond donors (Lipinski definition) is 0. The number of rotatable bonds is 3. The summed E-state index contributed by atoms with van der Waals surface area (Å²) in [6, 6.07) is 2.94. The van der Waals surface area contributed by atoms with Gasteiger partial charge in [0.15, 0.2) is 5.78 Å². The SMILES string of the molecule is Cc1ccc(C(=O)/C=C/C(=O)[O-])c(C)c1F. The van der Waals surface area contributed by atoms with E-state index < -0.39 is 17.6 Å². The molecule has 0 aliphatic carbocycles. The number of carboxylic acid groups (broad SMARTS) is 1. The molecule has 0 saturated heterocycles. The number of carboxylic acids is 1. The summed E-state index contributed by atoms with van der Waals surface area (Å²) in [7, 11) is 0. The van der Waals surface area contributed by atoms with E-state index in [9.17, 15) is 19.1 Å². The minimum atomic E-state index is -1.46. The van der Waals surface area contributed by atoms with E-state index in [4.69, 9.17) is 0 Å². The summed E-state index contributed by atoms with van der Waals surface area (Å²) in [4.78, 5) is 21.6. The summed E-state index contributed by atoms with van der Waals surface area (Å²) < 4.78 is 13.4. The number of carbonyl (C=O) groups is 2. The smallest absolute Gasteiger partial charge is 0.186 e. The maximum Gasteiger partial charge on any atom is 0.186 e. The zero-order chi connectivity index (χ0) is 12.3. The predicted octanol–water partition coefficient (Wildman–Crippen LogP) is 0.931. The molecule has 0 aliphatic heterocycles. The van der Waals surface area contributed by atoms with E-state index in [0.717, 1.165) is 6.08 Å². The van der Waals surface area contributed by atoms with Crippen LogP contribution in [-0.4, -0.2) is 11.8 Å². The van der Waals surface area contributed by atoms with Crippen molar-refractivity contribution in [3.05, 3.63) is 46.8 Å². The van der Waals surface area contributed by atoms with Gasteiger partial charge in [0, 0.05) is 5.56 Å². The molecular weight excluding hydrogens is 211 g/mol. The van der Waals surface area contributed by atoms with Gasteiger partial charge in [-0.05, 0) is 37.1 Å². The van der Waals surface area contributed by atoms with Crippen LogP contribution in [0.25, 0.3) is 0 Å². The number of hydrogen-bond acceptors (Lipinski definition) is 3. The third-order valence-electron chi connectivity index (χ3n) is 2.22. The molecule has 0 aromatic heterocycles. The molecule has 0 atom stereocenters. The lowest BCUT2D eigenvalue weighted by Gasteiger charge is -2.05. The Labute approximate surface area is 92.2 Å². The highest BCUT2D eigenvalue weighted by molar-refractivity contribution is 6.07. The number of carbonyl (C=O) groups excluding carboxylic acids is 2. The van der Waals surface area contributed by atoms with Crippen LogP contribution in [-0.2, 0) is 4.79 Å². The molecule has 0 N–H and O–H groups in total. The average molecular weight is 221 g/mol. The zero-order valence-electron chi connectivity index (χ0n) is 8.91. The van der Waals surface area contributed by atoms with Crippen LogP contribution in [0.3, 0.4) is 0 Å². The Hall–Kier alpha value is -1.97. The molecule has 84 valence electrons. The monoisotopic (exact) mass is 221 g/mol. The number of benzene rings is 1. The maximum atomic E-state index is 13.4. The van der Waals surface area contributed by atoms with E-state index in [1.54, 1.807) is 6.92 Å². The summed E-state index contributed by atoms with van der Waals surface area (Å²) in [5.74, 6) is -2.47. The minimum absolute atomic E-state index is 0.153. The fraction of sp³-hybridized carbons (Fsp3) is 0.167. The highest BCUT2D eigenvalue weighted by Crippen LogP contribution is 2.17. The third kappa shape index (κ3) is 2.53. The van der Waals surface area contributed by atoms with Crippen LogP contribution in [0, 0.1) is 19.7 Å². The lowest BCUT2D eigenvalue weighted by molar-refractivity contribution is -0.297. The fourth-order valence-corrected chi connectivity index (χ4v) is 1.32. The van der Waals surface area contributed by atoms with Gasteiger partial charge in [-0.15, -0.1) is 0 Å². The Morgan fingerprint density at radius 1 is 1.25 bits per heavy atom. The third-order valence-corrected chi connectivity index (χ3v) is 2.22. The molecule has 0 amide bonds. The van der Waals surface area contributed by atoms with E-state index in [2.05, 4.69) is 0 Å². The Morgan fingerprint density at radius 3 is 2.44 bits per heavy atom. The first kappa shape index (κ1) is 12.1. The van der Waals surface area contributed by atoms with Crippen molar-refractivity contribution in [2.24, 2.45) is 0 Å². The number of aryl methyl sites for hydroxylation is 1. The van der Waals surface area contributed by atoms with Crippen molar-refractivity contribution >= 4 is 11.8 Å². The molecule has 0 unspecified atom stereocenters. The van der Waals surface area contributed by atoms with Gasteiger partial charge in [0.25, 0.3) is 0 Å². The van der Waals surface area contributed by atoms with Gasteiger partial charge in [-0.3, -0.25) is 4.79 Å². The summed E-state index contributed by atoms with van der Waals surface area (Å²) in [6.07, 6.45) is 1.48. The largest absolute Gasteiger partial charge is 0.545 e. The van der Waals surface area contributed by atoms with E-state index >= 15 is 0 Å². The predicted molar refractivity (Wildman–Crippen MR) is 54.4 cm³/mol. The second kappa shape index (κ2) is 4.70. The fourth-order valence-electron chi connectivity index (χ4n) is 1.32. The molecule has 3 nitrogen and oxygen atoms in total. The Bertz CT molecular complexity index is 475. The first-order valence-corrected chi connectivity index (χ1v) is 4.62. The van der Waals surface area contributed by atoms with Crippen molar-refractivity contribution in [3.63, 3.8) is 0 Å². The quantitative estimate of drug-likeness (QED) is 0.563. The van der Waals surface area contributed by atoms with Crippen molar-refractivity contribution in [2.75, 3.05) is 0 Å². The highest BCUT2D eigenvalue weighted by Gasteiger charge is 2.11. The number of halogens is 1. The van der Waals surface area contributed by atoms with E-state index in [0.29, 0.717) is 11.6 Å². The van der Waals surface area contributed by atoms with Crippen molar-refractivity contribution in [1.29, 1.82) is 0 Å². The van der Waals surface area contributed by atoms with Gasteiger partial charge in [0.2, 0.25) is 0 Å². The van der Waals surface area contributed by atoms with Crippen molar-refractivity contribution in [1.82, 2.24) is 0 Å². The van der Waals surface area contributed by atoms with Gasteiger partial charge in [-0.2, -0.15) is 0 Å². The lowest BCUT2D eigenvalue weighted by atomic mass is 10.0. The van der Waals surface area contributed by atoms with Gasteiger partial charge in [0.05, 0.1) is 5.97 Å². The molecule has 0 heterocycles. The molecule has 0 saturated carbocycles. The van der Waals surface area contributed by atoms with Crippen LogP contribution < -0.4 is 5.11 Å². The van der Waals surface area contributed by atoms with Crippen molar-refractivity contribution in [3.8, 4) is 0 Å². The lowest BCUT2D eigenvalue weighted by Crippen LogP contribution is -2.19. The second-order valence-electron chi connectivity index (χ2n) is 3.39. The second-order valence-corrected chi connectivity index (χ2v) is 3.39. The molecule has 16 heavy (non-hydrogen) atoms. The summed E-state index contributed by atoms with van der Waals surface area (Å²) >= 11 is 0. The van der Waals surface area contributed by atoms with E-state index in [-0.39, 0.29) is 11.1 Å². The molecule has 0 spiro atoms. The number of ketones is 1. The molecule has 1 aromatic carbocycles. The molecular formula is C12H10FO3-. The van der Waals surface area contributed by atoms with Crippen molar-refractivity contribution in [2.45, 2.75) is 13.8 Å². The first-order chi connectivity index (χ1) is 7.43.